The van der Waals surface area contributed by atoms with Gasteiger partial charge < -0.3 is 10.6 Å². The molecule has 3 heterocycles. The van der Waals surface area contributed by atoms with E-state index >= 15 is 0 Å². The molecular weight excluding hydrogens is 332 g/mol. The minimum atomic E-state index is -0.0134. The number of aromatic nitrogens is 1. The van der Waals surface area contributed by atoms with E-state index in [1.54, 1.807) is 18.3 Å². The van der Waals surface area contributed by atoms with E-state index in [9.17, 15) is 4.79 Å². The summed E-state index contributed by atoms with van der Waals surface area (Å²) in [4.78, 5) is 17.7. The van der Waals surface area contributed by atoms with E-state index < -0.39 is 0 Å². The van der Waals surface area contributed by atoms with Crippen LogP contribution >= 0.6 is 11.8 Å². The van der Waals surface area contributed by atoms with E-state index in [0.29, 0.717) is 23.2 Å². The Labute approximate surface area is 150 Å². The fraction of sp³-hybridized carbons (Fsp3) is 0.316. The first-order valence-corrected chi connectivity index (χ1v) is 9.24. The Morgan fingerprint density at radius 2 is 2.12 bits per heavy atom. The number of benzene rings is 1. The summed E-state index contributed by atoms with van der Waals surface area (Å²) in [5, 5.41) is 16.4. The molecule has 5 nitrogen and oxygen atoms in total. The molecule has 1 aromatic heterocycles. The number of pyridine rings is 1. The van der Waals surface area contributed by atoms with Crippen molar-refractivity contribution in [3.63, 3.8) is 0 Å². The van der Waals surface area contributed by atoms with Crippen LogP contribution in [0.15, 0.2) is 52.5 Å². The van der Waals surface area contributed by atoms with E-state index in [0.717, 1.165) is 22.8 Å². The SMILES string of the molecule is N#Cc1ccnc(Sc2ccc(C(=O)N[C@@H]3C[C@H]4CC[C@@H]3N4)cc2)c1. The van der Waals surface area contributed by atoms with Gasteiger partial charge in [0, 0.05) is 34.8 Å². The maximum Gasteiger partial charge on any atom is 0.251 e. The van der Waals surface area contributed by atoms with E-state index in [1.807, 2.05) is 24.3 Å². The molecule has 6 heteroatoms. The van der Waals surface area contributed by atoms with Gasteiger partial charge in [0.2, 0.25) is 0 Å². The molecule has 2 bridgehead atoms. The predicted molar refractivity (Wildman–Crippen MR) is 95.3 cm³/mol. The molecule has 2 saturated heterocycles. The third kappa shape index (κ3) is 3.53. The second-order valence-electron chi connectivity index (χ2n) is 6.48. The van der Waals surface area contributed by atoms with Gasteiger partial charge >= 0.3 is 0 Å². The van der Waals surface area contributed by atoms with E-state index in [4.69, 9.17) is 5.26 Å². The number of rotatable bonds is 4. The second kappa shape index (κ2) is 6.87. The van der Waals surface area contributed by atoms with Crippen LogP contribution in [0, 0.1) is 11.3 Å². The highest BCUT2D eigenvalue weighted by molar-refractivity contribution is 7.99. The largest absolute Gasteiger partial charge is 0.348 e. The summed E-state index contributed by atoms with van der Waals surface area (Å²) >= 11 is 1.48. The lowest BCUT2D eigenvalue weighted by Crippen LogP contribution is -2.42. The molecule has 2 aliphatic heterocycles. The van der Waals surface area contributed by atoms with Crippen LogP contribution < -0.4 is 10.6 Å². The molecule has 2 fully saturated rings. The molecule has 2 aromatic rings. The molecule has 0 aliphatic carbocycles. The van der Waals surface area contributed by atoms with E-state index in [1.165, 1.54) is 18.2 Å². The first kappa shape index (κ1) is 16.1. The maximum atomic E-state index is 12.4. The number of nitriles is 1. The fourth-order valence-electron chi connectivity index (χ4n) is 3.57. The minimum absolute atomic E-state index is 0.0134. The van der Waals surface area contributed by atoms with Gasteiger partial charge in [-0.1, -0.05) is 11.8 Å². The van der Waals surface area contributed by atoms with Crippen LogP contribution in [0.3, 0.4) is 0 Å². The normalized spacial score (nSPS) is 24.0. The zero-order valence-electron chi connectivity index (χ0n) is 13.6. The van der Waals surface area contributed by atoms with Gasteiger partial charge in [0.1, 0.15) is 5.03 Å². The number of carbonyl (C=O) groups excluding carboxylic acids is 1. The maximum absolute atomic E-state index is 12.4. The Morgan fingerprint density at radius 1 is 1.28 bits per heavy atom. The van der Waals surface area contributed by atoms with Crippen LogP contribution in [-0.2, 0) is 0 Å². The van der Waals surface area contributed by atoms with Crippen LogP contribution in [0.1, 0.15) is 35.2 Å². The van der Waals surface area contributed by atoms with Crippen molar-refractivity contribution in [2.75, 3.05) is 0 Å². The van der Waals surface area contributed by atoms with Gasteiger partial charge in [0.05, 0.1) is 11.6 Å². The molecule has 4 rings (SSSR count). The second-order valence-corrected chi connectivity index (χ2v) is 7.58. The van der Waals surface area contributed by atoms with Gasteiger partial charge in [-0.15, -0.1) is 0 Å². The fourth-order valence-corrected chi connectivity index (χ4v) is 4.38. The Kier molecular flexibility index (Phi) is 4.43. The quantitative estimate of drug-likeness (QED) is 0.886. The van der Waals surface area contributed by atoms with Gasteiger partial charge in [0.25, 0.3) is 5.91 Å². The van der Waals surface area contributed by atoms with Crippen molar-refractivity contribution in [1.29, 1.82) is 5.26 Å². The predicted octanol–water partition coefficient (Wildman–Crippen LogP) is 2.73. The molecule has 0 spiro atoms. The highest BCUT2D eigenvalue weighted by Crippen LogP contribution is 2.29. The van der Waals surface area contributed by atoms with Crippen molar-refractivity contribution >= 4 is 17.7 Å². The molecule has 2 N–H and O–H groups in total. The van der Waals surface area contributed by atoms with E-state index in [-0.39, 0.29) is 11.9 Å². The molecule has 1 amide bonds. The van der Waals surface area contributed by atoms with Crippen molar-refractivity contribution in [2.45, 2.75) is 47.3 Å². The summed E-state index contributed by atoms with van der Waals surface area (Å²) in [7, 11) is 0. The first-order chi connectivity index (χ1) is 12.2. The Bertz CT molecular complexity index is 830. The molecular formula is C19H18N4OS. The van der Waals surface area contributed by atoms with Crippen molar-refractivity contribution < 1.29 is 4.79 Å². The number of amides is 1. The molecule has 2 aliphatic rings. The molecule has 126 valence electrons. The van der Waals surface area contributed by atoms with Crippen LogP contribution in [0.25, 0.3) is 0 Å². The van der Waals surface area contributed by atoms with Crippen molar-refractivity contribution in [3.05, 3.63) is 53.7 Å². The smallest absolute Gasteiger partial charge is 0.251 e. The number of carbonyl (C=O) groups is 1. The van der Waals surface area contributed by atoms with Crippen LogP contribution in [-0.4, -0.2) is 29.0 Å². The Hall–Kier alpha value is -2.36. The highest BCUT2D eigenvalue weighted by atomic mass is 32.2. The molecule has 0 saturated carbocycles. The summed E-state index contributed by atoms with van der Waals surface area (Å²) in [6, 6.07) is 14.3. The van der Waals surface area contributed by atoms with E-state index in [2.05, 4.69) is 21.7 Å². The van der Waals surface area contributed by atoms with Crippen molar-refractivity contribution in [1.82, 2.24) is 15.6 Å². The summed E-state index contributed by atoms with van der Waals surface area (Å²) in [5.41, 5.74) is 1.26. The first-order valence-electron chi connectivity index (χ1n) is 8.42. The highest BCUT2D eigenvalue weighted by Gasteiger charge is 2.39. The summed E-state index contributed by atoms with van der Waals surface area (Å²) in [6.07, 6.45) is 5.04. The van der Waals surface area contributed by atoms with Crippen molar-refractivity contribution in [3.8, 4) is 6.07 Å². The topological polar surface area (TPSA) is 77.8 Å². The minimum Gasteiger partial charge on any atom is -0.348 e. The van der Waals surface area contributed by atoms with Gasteiger partial charge in [0.15, 0.2) is 0 Å². The van der Waals surface area contributed by atoms with Crippen LogP contribution in [0.2, 0.25) is 0 Å². The summed E-state index contributed by atoms with van der Waals surface area (Å²) in [5.74, 6) is -0.0134. The Balaban J connectivity index is 1.39. The standard InChI is InChI=1S/C19H18N4OS/c20-11-12-7-8-21-18(9-12)25-15-4-1-13(2-5-15)19(24)23-17-10-14-3-6-16(17)22-14/h1-2,4-5,7-9,14,16-17,22H,3,6,10H2,(H,23,24)/t14-,16+,17-/m1/s1. The van der Waals surface area contributed by atoms with Crippen LogP contribution in [0.5, 0.6) is 0 Å². The Morgan fingerprint density at radius 3 is 2.80 bits per heavy atom. The lowest BCUT2D eigenvalue weighted by Gasteiger charge is -2.21. The number of hydrogen-bond donors (Lipinski definition) is 2. The molecule has 0 radical (unpaired) electrons. The third-order valence-corrected chi connectivity index (χ3v) is 5.76. The van der Waals surface area contributed by atoms with Gasteiger partial charge in [-0.25, -0.2) is 4.98 Å². The third-order valence-electron chi connectivity index (χ3n) is 4.82. The molecule has 25 heavy (non-hydrogen) atoms. The molecule has 3 atom stereocenters. The zero-order valence-corrected chi connectivity index (χ0v) is 14.4. The molecule has 1 aromatic carbocycles. The number of fused-ring (bicyclic) bond motifs is 2. The average molecular weight is 350 g/mol. The molecule has 0 unspecified atom stereocenters. The van der Waals surface area contributed by atoms with Gasteiger partial charge in [-0.2, -0.15) is 5.26 Å². The van der Waals surface area contributed by atoms with Crippen LogP contribution in [0.4, 0.5) is 0 Å². The number of nitrogens with one attached hydrogen (secondary N) is 2. The zero-order chi connectivity index (χ0) is 17.2. The average Bonchev–Trinajstić information content (AvgIpc) is 3.25. The lowest BCUT2D eigenvalue weighted by atomic mass is 9.95. The van der Waals surface area contributed by atoms with Crippen molar-refractivity contribution in [2.24, 2.45) is 0 Å². The van der Waals surface area contributed by atoms with Gasteiger partial charge in [-0.05, 0) is 55.7 Å². The number of nitrogens with zero attached hydrogens (tertiary/aromatic N) is 2. The summed E-state index contributed by atoms with van der Waals surface area (Å²) in [6.45, 7) is 0. The van der Waals surface area contributed by atoms with Gasteiger partial charge in [-0.3, -0.25) is 4.79 Å². The monoisotopic (exact) mass is 350 g/mol. The number of hydrogen-bond acceptors (Lipinski definition) is 5. The lowest BCUT2D eigenvalue weighted by molar-refractivity contribution is 0.0931. The summed E-state index contributed by atoms with van der Waals surface area (Å²) < 4.78 is 0.